The Morgan fingerprint density at radius 2 is 2.67 bits per heavy atom. The van der Waals surface area contributed by atoms with Gasteiger partial charge in [-0.05, 0) is 11.5 Å². The number of halogens is 1. The zero-order valence-electron chi connectivity index (χ0n) is 2.68. The van der Waals surface area contributed by atoms with Gasteiger partial charge in [-0.1, -0.05) is 0 Å². The highest BCUT2D eigenvalue weighted by atomic mass is 32.1. The fourth-order valence-electron chi connectivity index (χ4n) is 0.137. The first-order valence-corrected chi connectivity index (χ1v) is 2.02. The third kappa shape index (κ3) is 0.514. The van der Waals surface area contributed by atoms with Crippen LogP contribution in [0.4, 0.5) is 4.39 Å². The van der Waals surface area contributed by atoms with Gasteiger partial charge in [0.15, 0.2) is 5.51 Å². The lowest BCUT2D eigenvalue weighted by Gasteiger charge is -1.57. The molecule has 0 amide bonds. The highest BCUT2D eigenvalue weighted by molar-refractivity contribution is 7.02. The maximum absolute atomic E-state index is 11.4. The predicted molar refractivity (Wildman–Crippen MR) is 18.7 cm³/mol. The van der Waals surface area contributed by atoms with Crippen molar-refractivity contribution in [2.75, 3.05) is 0 Å². The van der Waals surface area contributed by atoms with Gasteiger partial charge in [0, 0.05) is 0 Å². The molecule has 0 aliphatic carbocycles. The second kappa shape index (κ2) is 1.30. The van der Waals surface area contributed by atoms with Crippen molar-refractivity contribution in [3.63, 3.8) is 0 Å². The molecule has 2 nitrogen and oxygen atoms in total. The SMILES string of the molecule is Fc1n[c]sn1. The van der Waals surface area contributed by atoms with Crippen molar-refractivity contribution in [2.45, 2.75) is 0 Å². The molecule has 0 atom stereocenters. The Kier molecular flexibility index (Phi) is 0.795. The first kappa shape index (κ1) is 3.67. The van der Waals surface area contributed by atoms with E-state index in [0.29, 0.717) is 0 Å². The van der Waals surface area contributed by atoms with E-state index in [1.54, 1.807) is 0 Å². The summed E-state index contributed by atoms with van der Waals surface area (Å²) < 4.78 is 14.5. The molecule has 4 heteroatoms. The Bertz CT molecular complexity index is 115. The number of aromatic nitrogens is 2. The van der Waals surface area contributed by atoms with Crippen molar-refractivity contribution in [3.05, 3.63) is 11.6 Å². The van der Waals surface area contributed by atoms with Gasteiger partial charge < -0.3 is 0 Å². The van der Waals surface area contributed by atoms with Crippen LogP contribution in [0.15, 0.2) is 0 Å². The zero-order valence-corrected chi connectivity index (χ0v) is 3.50. The van der Waals surface area contributed by atoms with Gasteiger partial charge in [-0.25, -0.2) is 0 Å². The Morgan fingerprint density at radius 3 is 2.83 bits per heavy atom. The van der Waals surface area contributed by atoms with Crippen LogP contribution >= 0.6 is 11.5 Å². The monoisotopic (exact) mass is 103 g/mol. The number of rotatable bonds is 0. The summed E-state index contributed by atoms with van der Waals surface area (Å²) in [6.45, 7) is 0. The second-order valence-electron chi connectivity index (χ2n) is 0.655. The van der Waals surface area contributed by atoms with Crippen LogP contribution in [0.25, 0.3) is 0 Å². The lowest BCUT2D eigenvalue weighted by Crippen LogP contribution is -1.68. The lowest BCUT2D eigenvalue weighted by atomic mass is 11.3. The molecule has 0 saturated heterocycles. The Balaban J connectivity index is 3.05. The fourth-order valence-corrected chi connectivity index (χ4v) is 0.410. The van der Waals surface area contributed by atoms with Gasteiger partial charge in [-0.15, -0.1) is 4.37 Å². The molecular formula is C2FN2S. The number of hydrogen-bond donors (Lipinski definition) is 0. The molecule has 0 unspecified atom stereocenters. The molecule has 1 aromatic rings. The largest absolute Gasteiger partial charge is 0.320 e. The smallest absolute Gasteiger partial charge is 0.186 e. The lowest BCUT2D eigenvalue weighted by molar-refractivity contribution is 0.556. The highest BCUT2D eigenvalue weighted by Gasteiger charge is 1.85. The van der Waals surface area contributed by atoms with E-state index in [2.05, 4.69) is 14.9 Å². The first-order chi connectivity index (χ1) is 2.89. The molecule has 1 aromatic heterocycles. The molecule has 0 saturated carbocycles. The molecule has 1 rings (SSSR count). The molecule has 1 heterocycles. The molecule has 31 valence electrons. The average Bonchev–Trinajstić information content (AvgIpc) is 1.86. The van der Waals surface area contributed by atoms with Crippen molar-refractivity contribution in [3.8, 4) is 0 Å². The zero-order chi connectivity index (χ0) is 4.41. The molecule has 0 aromatic carbocycles. The van der Waals surface area contributed by atoms with Crippen molar-refractivity contribution >= 4 is 11.5 Å². The van der Waals surface area contributed by atoms with E-state index in [0.717, 1.165) is 11.5 Å². The van der Waals surface area contributed by atoms with Gasteiger partial charge in [-0.3, -0.25) is 0 Å². The summed E-state index contributed by atoms with van der Waals surface area (Å²) in [5.41, 5.74) is 2.23. The minimum Gasteiger partial charge on any atom is -0.186 e. The molecule has 0 aliphatic heterocycles. The fraction of sp³-hybridized carbons (Fsp3) is 0. The van der Waals surface area contributed by atoms with Crippen molar-refractivity contribution < 1.29 is 4.39 Å². The third-order valence-corrected chi connectivity index (χ3v) is 0.715. The molecular weight excluding hydrogens is 103 g/mol. The van der Waals surface area contributed by atoms with Crippen molar-refractivity contribution in [1.82, 2.24) is 9.36 Å². The third-order valence-electron chi connectivity index (χ3n) is 0.300. The van der Waals surface area contributed by atoms with E-state index in [1.807, 2.05) is 0 Å². The van der Waals surface area contributed by atoms with Gasteiger partial charge >= 0.3 is 6.08 Å². The van der Waals surface area contributed by atoms with Crippen LogP contribution in [0.2, 0.25) is 0 Å². The van der Waals surface area contributed by atoms with E-state index in [1.165, 1.54) is 0 Å². The molecule has 0 spiro atoms. The van der Waals surface area contributed by atoms with Gasteiger partial charge in [0.25, 0.3) is 0 Å². The minimum atomic E-state index is -0.694. The van der Waals surface area contributed by atoms with E-state index >= 15 is 0 Å². The summed E-state index contributed by atoms with van der Waals surface area (Å²) in [7, 11) is 0. The van der Waals surface area contributed by atoms with E-state index < -0.39 is 6.08 Å². The quantitative estimate of drug-likeness (QED) is 0.477. The van der Waals surface area contributed by atoms with Crippen LogP contribution in [-0.4, -0.2) is 9.36 Å². The standard InChI is InChI=1S/C2FN2S/c3-2-4-1-6-5-2. The molecule has 0 fully saturated rings. The van der Waals surface area contributed by atoms with Crippen LogP contribution in [0, 0.1) is 11.6 Å². The summed E-state index contributed by atoms with van der Waals surface area (Å²) in [6, 6.07) is 0. The molecule has 1 radical (unpaired) electrons. The summed E-state index contributed by atoms with van der Waals surface area (Å²) in [5.74, 6) is 0. The highest BCUT2D eigenvalue weighted by Crippen LogP contribution is 1.86. The summed E-state index contributed by atoms with van der Waals surface area (Å²) in [5, 5.41) is 0. The van der Waals surface area contributed by atoms with Crippen LogP contribution in [0.5, 0.6) is 0 Å². The number of nitrogens with zero attached hydrogens (tertiary/aromatic N) is 2. The number of hydrogen-bond acceptors (Lipinski definition) is 3. The predicted octanol–water partition coefficient (Wildman–Crippen LogP) is 0.477. The van der Waals surface area contributed by atoms with Gasteiger partial charge in [-0.2, -0.15) is 9.37 Å². The first-order valence-electron chi connectivity index (χ1n) is 1.25. The molecule has 0 bridgehead atoms. The summed E-state index contributed by atoms with van der Waals surface area (Å²) in [6.07, 6.45) is -0.694. The van der Waals surface area contributed by atoms with E-state index in [9.17, 15) is 4.39 Å². The van der Waals surface area contributed by atoms with Gasteiger partial charge in [0.1, 0.15) is 0 Å². The topological polar surface area (TPSA) is 25.8 Å². The maximum atomic E-state index is 11.4. The van der Waals surface area contributed by atoms with Crippen molar-refractivity contribution in [1.29, 1.82) is 0 Å². The summed E-state index contributed by atoms with van der Waals surface area (Å²) in [4.78, 5) is 3.03. The Labute approximate surface area is 37.8 Å². The van der Waals surface area contributed by atoms with E-state index in [4.69, 9.17) is 0 Å². The second-order valence-corrected chi connectivity index (χ2v) is 1.20. The van der Waals surface area contributed by atoms with Crippen LogP contribution in [0.1, 0.15) is 0 Å². The summed E-state index contributed by atoms with van der Waals surface area (Å²) >= 11 is 0.878. The van der Waals surface area contributed by atoms with Crippen LogP contribution in [0.3, 0.4) is 0 Å². The van der Waals surface area contributed by atoms with Gasteiger partial charge in [0.05, 0.1) is 0 Å². The molecule has 6 heavy (non-hydrogen) atoms. The minimum absolute atomic E-state index is 0.694. The normalized spacial score (nSPS) is 8.83. The Hall–Kier alpha value is -0.510. The van der Waals surface area contributed by atoms with Crippen molar-refractivity contribution in [2.24, 2.45) is 0 Å². The Morgan fingerprint density at radius 1 is 1.83 bits per heavy atom. The molecule has 0 N–H and O–H groups in total. The van der Waals surface area contributed by atoms with E-state index in [-0.39, 0.29) is 0 Å². The van der Waals surface area contributed by atoms with Crippen LogP contribution in [-0.2, 0) is 0 Å². The van der Waals surface area contributed by atoms with Crippen LogP contribution < -0.4 is 0 Å². The average molecular weight is 103 g/mol. The maximum Gasteiger partial charge on any atom is 0.320 e. The molecule has 0 aliphatic rings. The van der Waals surface area contributed by atoms with Gasteiger partial charge in [0.2, 0.25) is 0 Å².